The summed E-state index contributed by atoms with van der Waals surface area (Å²) in [5.74, 6) is 0.459. The fourth-order valence-electron chi connectivity index (χ4n) is 1.95. The Morgan fingerprint density at radius 3 is 3.10 bits per heavy atom. The van der Waals surface area contributed by atoms with E-state index in [4.69, 9.17) is 10.5 Å². The molecule has 0 spiro atoms. The van der Waals surface area contributed by atoms with Crippen LogP contribution >= 0.6 is 11.3 Å². The lowest BCUT2D eigenvalue weighted by molar-refractivity contribution is 0.101. The average Bonchev–Trinajstić information content (AvgIpc) is 2.97. The number of carbonyl (C=O) groups is 1. The van der Waals surface area contributed by atoms with Crippen LogP contribution in [0.4, 0.5) is 5.69 Å². The SMILES string of the molecule is CC(=O)c1cc(N)ccc1OCc1cn2ccsc2n1. The minimum Gasteiger partial charge on any atom is -0.486 e. The third-order valence-corrected chi connectivity index (χ3v) is 3.67. The maximum absolute atomic E-state index is 11.6. The van der Waals surface area contributed by atoms with Gasteiger partial charge >= 0.3 is 0 Å². The molecule has 2 aromatic heterocycles. The highest BCUT2D eigenvalue weighted by molar-refractivity contribution is 7.15. The Morgan fingerprint density at radius 2 is 2.35 bits per heavy atom. The normalized spacial score (nSPS) is 10.8. The molecular formula is C14H13N3O2S. The van der Waals surface area contributed by atoms with Crippen LogP contribution in [-0.2, 0) is 6.61 Å². The van der Waals surface area contributed by atoms with E-state index in [0.717, 1.165) is 10.7 Å². The van der Waals surface area contributed by atoms with Crippen molar-refractivity contribution >= 4 is 27.8 Å². The molecule has 0 amide bonds. The van der Waals surface area contributed by atoms with Gasteiger partial charge in [-0.15, -0.1) is 11.3 Å². The second-order valence-electron chi connectivity index (χ2n) is 4.43. The van der Waals surface area contributed by atoms with Gasteiger partial charge in [-0.25, -0.2) is 4.98 Å². The van der Waals surface area contributed by atoms with Gasteiger partial charge in [0.2, 0.25) is 0 Å². The summed E-state index contributed by atoms with van der Waals surface area (Å²) >= 11 is 1.57. The van der Waals surface area contributed by atoms with Gasteiger partial charge in [-0.3, -0.25) is 9.20 Å². The number of carbonyl (C=O) groups excluding carboxylic acids is 1. The standard InChI is InChI=1S/C14H13N3O2S/c1-9(18)12-6-10(15)2-3-13(12)19-8-11-7-17-4-5-20-14(17)16-11/h2-7H,8,15H2,1H3. The van der Waals surface area contributed by atoms with Crippen LogP contribution in [0.25, 0.3) is 4.96 Å². The second kappa shape index (κ2) is 4.97. The topological polar surface area (TPSA) is 69.6 Å². The van der Waals surface area contributed by atoms with Gasteiger partial charge in [0, 0.05) is 23.5 Å². The molecule has 0 aliphatic carbocycles. The fraction of sp³-hybridized carbons (Fsp3) is 0.143. The number of nitrogens with zero attached hydrogens (tertiary/aromatic N) is 2. The number of benzene rings is 1. The van der Waals surface area contributed by atoms with Crippen molar-refractivity contribution in [3.63, 3.8) is 0 Å². The minimum atomic E-state index is -0.0712. The largest absolute Gasteiger partial charge is 0.486 e. The van der Waals surface area contributed by atoms with Crippen LogP contribution in [0.15, 0.2) is 36.0 Å². The first-order chi connectivity index (χ1) is 9.63. The summed E-state index contributed by atoms with van der Waals surface area (Å²) in [4.78, 5) is 16.9. The third kappa shape index (κ3) is 2.37. The molecular weight excluding hydrogens is 274 g/mol. The van der Waals surface area contributed by atoms with Gasteiger partial charge in [-0.05, 0) is 25.1 Å². The molecule has 0 radical (unpaired) electrons. The van der Waals surface area contributed by atoms with Gasteiger partial charge in [0.1, 0.15) is 12.4 Å². The van der Waals surface area contributed by atoms with Crippen LogP contribution in [0.2, 0.25) is 0 Å². The summed E-state index contributed by atoms with van der Waals surface area (Å²) < 4.78 is 7.63. The van der Waals surface area contributed by atoms with Crippen molar-refractivity contribution in [3.8, 4) is 5.75 Å². The van der Waals surface area contributed by atoms with Gasteiger partial charge in [-0.1, -0.05) is 0 Å². The minimum absolute atomic E-state index is 0.0712. The number of aromatic nitrogens is 2. The molecule has 0 saturated heterocycles. The number of ketones is 1. The van der Waals surface area contributed by atoms with Gasteiger partial charge in [-0.2, -0.15) is 0 Å². The number of fused-ring (bicyclic) bond motifs is 1. The van der Waals surface area contributed by atoms with Crippen molar-refractivity contribution in [1.29, 1.82) is 0 Å². The zero-order valence-electron chi connectivity index (χ0n) is 10.9. The Hall–Kier alpha value is -2.34. The highest BCUT2D eigenvalue weighted by atomic mass is 32.1. The molecule has 0 saturated carbocycles. The predicted molar refractivity (Wildman–Crippen MR) is 78.3 cm³/mol. The Balaban J connectivity index is 1.81. The molecule has 6 heteroatoms. The summed E-state index contributed by atoms with van der Waals surface area (Å²) in [6.07, 6.45) is 3.86. The van der Waals surface area contributed by atoms with E-state index >= 15 is 0 Å². The molecule has 2 N–H and O–H groups in total. The van der Waals surface area contributed by atoms with E-state index < -0.39 is 0 Å². The molecule has 0 unspecified atom stereocenters. The number of rotatable bonds is 4. The first-order valence-corrected chi connectivity index (χ1v) is 6.96. The van der Waals surface area contributed by atoms with Crippen molar-refractivity contribution in [3.05, 3.63) is 47.2 Å². The van der Waals surface area contributed by atoms with Crippen molar-refractivity contribution in [1.82, 2.24) is 9.38 Å². The number of Topliss-reactive ketones (excluding diaryl/α,β-unsaturated/α-hetero) is 1. The van der Waals surface area contributed by atoms with E-state index in [9.17, 15) is 4.79 Å². The zero-order chi connectivity index (χ0) is 14.1. The fourth-order valence-corrected chi connectivity index (χ4v) is 2.66. The van der Waals surface area contributed by atoms with Crippen LogP contribution in [0, 0.1) is 0 Å². The van der Waals surface area contributed by atoms with E-state index in [1.807, 2.05) is 22.2 Å². The maximum Gasteiger partial charge on any atom is 0.193 e. The Morgan fingerprint density at radius 1 is 1.50 bits per heavy atom. The van der Waals surface area contributed by atoms with Crippen molar-refractivity contribution < 1.29 is 9.53 Å². The Labute approximate surface area is 119 Å². The summed E-state index contributed by atoms with van der Waals surface area (Å²) in [7, 11) is 0. The van der Waals surface area contributed by atoms with Crippen molar-refractivity contribution in [2.75, 3.05) is 5.73 Å². The number of anilines is 1. The lowest BCUT2D eigenvalue weighted by Crippen LogP contribution is -2.03. The molecule has 5 nitrogen and oxygen atoms in total. The summed E-state index contributed by atoms with van der Waals surface area (Å²) in [5.41, 5.74) is 7.55. The van der Waals surface area contributed by atoms with Gasteiger partial charge in [0.25, 0.3) is 0 Å². The zero-order valence-corrected chi connectivity index (χ0v) is 11.7. The highest BCUT2D eigenvalue weighted by Crippen LogP contribution is 2.23. The molecule has 0 aliphatic heterocycles. The van der Waals surface area contributed by atoms with Crippen LogP contribution in [0.3, 0.4) is 0 Å². The Kier molecular flexibility index (Phi) is 3.15. The van der Waals surface area contributed by atoms with Crippen LogP contribution in [-0.4, -0.2) is 15.2 Å². The first-order valence-electron chi connectivity index (χ1n) is 6.08. The number of imidazole rings is 1. The molecule has 20 heavy (non-hydrogen) atoms. The molecule has 0 atom stereocenters. The first kappa shape index (κ1) is 12.7. The number of hydrogen-bond acceptors (Lipinski definition) is 5. The lowest BCUT2D eigenvalue weighted by atomic mass is 10.1. The van der Waals surface area contributed by atoms with E-state index in [2.05, 4.69) is 4.98 Å². The number of thiazole rings is 1. The van der Waals surface area contributed by atoms with Crippen molar-refractivity contribution in [2.45, 2.75) is 13.5 Å². The number of hydrogen-bond donors (Lipinski definition) is 1. The molecule has 1 aromatic carbocycles. The monoisotopic (exact) mass is 287 g/mol. The summed E-state index contributed by atoms with van der Waals surface area (Å²) in [5, 5.41) is 1.97. The van der Waals surface area contributed by atoms with Gasteiger partial charge in [0.05, 0.1) is 11.3 Å². The van der Waals surface area contributed by atoms with Gasteiger partial charge in [0.15, 0.2) is 10.7 Å². The number of nitrogens with two attached hydrogens (primary N) is 1. The van der Waals surface area contributed by atoms with E-state index in [-0.39, 0.29) is 5.78 Å². The molecule has 3 rings (SSSR count). The average molecular weight is 287 g/mol. The number of ether oxygens (including phenoxy) is 1. The smallest absolute Gasteiger partial charge is 0.193 e. The second-order valence-corrected chi connectivity index (χ2v) is 5.30. The molecule has 2 heterocycles. The van der Waals surface area contributed by atoms with Crippen LogP contribution in [0.1, 0.15) is 23.0 Å². The molecule has 102 valence electrons. The summed E-state index contributed by atoms with van der Waals surface area (Å²) in [6, 6.07) is 5.06. The van der Waals surface area contributed by atoms with Gasteiger partial charge < -0.3 is 10.5 Å². The quantitative estimate of drug-likeness (QED) is 0.591. The van der Waals surface area contributed by atoms with E-state index in [1.165, 1.54) is 6.92 Å². The third-order valence-electron chi connectivity index (χ3n) is 2.90. The lowest BCUT2D eigenvalue weighted by Gasteiger charge is -2.09. The summed E-state index contributed by atoms with van der Waals surface area (Å²) in [6.45, 7) is 1.81. The van der Waals surface area contributed by atoms with Crippen LogP contribution < -0.4 is 10.5 Å². The molecule has 0 aliphatic rings. The molecule has 0 fully saturated rings. The maximum atomic E-state index is 11.6. The van der Waals surface area contributed by atoms with E-state index in [0.29, 0.717) is 23.6 Å². The highest BCUT2D eigenvalue weighted by Gasteiger charge is 2.10. The molecule has 3 aromatic rings. The Bertz CT molecular complexity index is 747. The number of nitrogen functional groups attached to an aromatic ring is 1. The molecule has 0 bridgehead atoms. The predicted octanol–water partition coefficient (Wildman–Crippen LogP) is 2.76. The van der Waals surface area contributed by atoms with E-state index in [1.54, 1.807) is 29.5 Å². The van der Waals surface area contributed by atoms with Crippen molar-refractivity contribution in [2.24, 2.45) is 0 Å². The van der Waals surface area contributed by atoms with Crippen LogP contribution in [0.5, 0.6) is 5.75 Å².